The topological polar surface area (TPSA) is 3.24 Å². The summed E-state index contributed by atoms with van der Waals surface area (Å²) in [5, 5.41) is 0. The Kier molecular flexibility index (Phi) is 3.57. The van der Waals surface area contributed by atoms with Crippen molar-refractivity contribution in [2.45, 2.75) is 20.0 Å². The highest BCUT2D eigenvalue weighted by atomic mass is 32.1. The molecule has 0 aliphatic carbocycles. The minimum Gasteiger partial charge on any atom is -0.339 e. The molecule has 0 bridgehead atoms. The molecule has 1 aromatic rings. The molecule has 0 saturated carbocycles. The van der Waals surface area contributed by atoms with Crippen LogP contribution in [0.2, 0.25) is 0 Å². The van der Waals surface area contributed by atoms with Crippen molar-refractivity contribution in [1.82, 2.24) is 0 Å². The lowest BCUT2D eigenvalue weighted by molar-refractivity contribution is -0.137. The fourth-order valence-electron chi connectivity index (χ4n) is 1.47. The number of thiocarbonyl (C=S) groups is 1. The Hall–Kier alpha value is -1.10. The van der Waals surface area contributed by atoms with Gasteiger partial charge < -0.3 is 4.90 Å². The van der Waals surface area contributed by atoms with Crippen molar-refractivity contribution in [2.24, 2.45) is 0 Å². The van der Waals surface area contributed by atoms with Gasteiger partial charge in [0.05, 0.1) is 16.2 Å². The molecule has 0 aliphatic rings. The first-order valence-corrected chi connectivity index (χ1v) is 5.07. The molecule has 16 heavy (non-hydrogen) atoms. The second-order valence-electron chi connectivity index (χ2n) is 3.54. The zero-order valence-electron chi connectivity index (χ0n) is 9.22. The van der Waals surface area contributed by atoms with Gasteiger partial charge in [-0.25, -0.2) is 0 Å². The average Bonchev–Trinajstić information content (AvgIpc) is 2.14. The first kappa shape index (κ1) is 13.0. The van der Waals surface area contributed by atoms with E-state index in [1.807, 2.05) is 0 Å². The molecule has 0 aromatic heterocycles. The summed E-state index contributed by atoms with van der Waals surface area (Å²) in [6.45, 7) is 3.04. The maximum Gasteiger partial charge on any atom is 0.418 e. The van der Waals surface area contributed by atoms with E-state index in [2.05, 4.69) is 0 Å². The summed E-state index contributed by atoms with van der Waals surface area (Å²) in [4.78, 5) is 1.77. The van der Waals surface area contributed by atoms with Crippen molar-refractivity contribution in [3.05, 3.63) is 29.3 Å². The van der Waals surface area contributed by atoms with Gasteiger partial charge in [-0.15, -0.1) is 0 Å². The van der Waals surface area contributed by atoms with Crippen molar-refractivity contribution in [2.75, 3.05) is 11.9 Å². The minimum absolute atomic E-state index is 0.0972. The number of hydrogen-bond acceptors (Lipinski definition) is 1. The smallest absolute Gasteiger partial charge is 0.339 e. The largest absolute Gasteiger partial charge is 0.418 e. The van der Waals surface area contributed by atoms with Crippen molar-refractivity contribution < 1.29 is 13.2 Å². The van der Waals surface area contributed by atoms with E-state index >= 15 is 0 Å². The zero-order valence-corrected chi connectivity index (χ0v) is 10.0. The minimum atomic E-state index is -4.36. The molecule has 5 heteroatoms. The van der Waals surface area contributed by atoms with E-state index in [4.69, 9.17) is 12.2 Å². The highest BCUT2D eigenvalue weighted by Gasteiger charge is 2.36. The molecule has 0 aliphatic heterocycles. The summed E-state index contributed by atoms with van der Waals surface area (Å²) in [6, 6.07) is 4.46. The maximum atomic E-state index is 12.9. The van der Waals surface area contributed by atoms with Crippen LogP contribution in [-0.4, -0.2) is 12.0 Å². The van der Waals surface area contributed by atoms with Gasteiger partial charge in [0, 0.05) is 7.05 Å². The molecule has 0 spiro atoms. The van der Waals surface area contributed by atoms with Gasteiger partial charge in [0.1, 0.15) is 0 Å². The molecule has 0 saturated heterocycles. The zero-order chi connectivity index (χ0) is 12.5. The predicted molar refractivity (Wildman–Crippen MR) is 62.9 cm³/mol. The van der Waals surface area contributed by atoms with Gasteiger partial charge in [0.2, 0.25) is 0 Å². The van der Waals surface area contributed by atoms with Crippen LogP contribution in [0.15, 0.2) is 18.2 Å². The normalized spacial score (nSPS) is 11.4. The number of nitrogens with zero attached hydrogens (tertiary/aromatic N) is 1. The molecule has 1 rings (SSSR count). The van der Waals surface area contributed by atoms with Crippen molar-refractivity contribution in [1.29, 1.82) is 0 Å². The van der Waals surface area contributed by atoms with E-state index in [-0.39, 0.29) is 11.3 Å². The fraction of sp³-hybridized carbons (Fsp3) is 0.364. The average molecular weight is 247 g/mol. The van der Waals surface area contributed by atoms with Crippen LogP contribution < -0.4 is 4.90 Å². The monoisotopic (exact) mass is 247 g/mol. The van der Waals surface area contributed by atoms with Crippen molar-refractivity contribution in [3.63, 3.8) is 0 Å². The Morgan fingerprint density at radius 2 is 1.88 bits per heavy atom. The Balaban J connectivity index is 3.40. The second kappa shape index (κ2) is 4.41. The molecule has 1 aromatic carbocycles. The molecule has 0 atom stereocenters. The first-order chi connectivity index (χ1) is 7.25. The van der Waals surface area contributed by atoms with Gasteiger partial charge >= 0.3 is 6.18 Å². The van der Waals surface area contributed by atoms with Crippen molar-refractivity contribution in [3.8, 4) is 0 Å². The van der Waals surface area contributed by atoms with Crippen LogP contribution in [-0.2, 0) is 6.18 Å². The fourth-order valence-corrected chi connectivity index (χ4v) is 1.57. The lowest BCUT2D eigenvalue weighted by Crippen LogP contribution is -2.25. The third-order valence-corrected chi connectivity index (χ3v) is 2.64. The van der Waals surface area contributed by atoms with Crippen LogP contribution in [0.1, 0.15) is 18.1 Å². The van der Waals surface area contributed by atoms with Gasteiger partial charge in [-0.05, 0) is 25.5 Å². The highest BCUT2D eigenvalue weighted by Crippen LogP contribution is 2.38. The number of halogens is 3. The standard InChI is InChI=1S/C11H12F3NS/c1-7-5-4-6-9(15(3)8(2)16)10(7)11(12,13)14/h4-6H,1-3H3. The Labute approximate surface area is 97.9 Å². The molecular formula is C11H12F3NS. The number of rotatable bonds is 1. The number of benzene rings is 1. The van der Waals surface area contributed by atoms with Crippen LogP contribution in [0.25, 0.3) is 0 Å². The number of anilines is 1. The maximum absolute atomic E-state index is 12.9. The van der Waals surface area contributed by atoms with Gasteiger partial charge in [-0.1, -0.05) is 24.4 Å². The third-order valence-electron chi connectivity index (χ3n) is 2.37. The summed E-state index contributed by atoms with van der Waals surface area (Å²) >= 11 is 4.88. The van der Waals surface area contributed by atoms with E-state index in [1.165, 1.54) is 31.0 Å². The SMILES string of the molecule is CC(=S)N(C)c1cccc(C)c1C(F)(F)F. The van der Waals surface area contributed by atoms with E-state index < -0.39 is 11.7 Å². The van der Waals surface area contributed by atoms with Gasteiger partial charge in [0.15, 0.2) is 0 Å². The Morgan fingerprint density at radius 1 is 1.31 bits per heavy atom. The van der Waals surface area contributed by atoms with Gasteiger partial charge in [0.25, 0.3) is 0 Å². The molecule has 0 fully saturated rings. The molecular weight excluding hydrogens is 235 g/mol. The van der Waals surface area contributed by atoms with Gasteiger partial charge in [-0.2, -0.15) is 13.2 Å². The summed E-state index contributed by atoms with van der Waals surface area (Å²) in [5.74, 6) is 0. The quantitative estimate of drug-likeness (QED) is 0.694. The summed E-state index contributed by atoms with van der Waals surface area (Å²) in [6.07, 6.45) is -4.36. The summed E-state index contributed by atoms with van der Waals surface area (Å²) in [5.41, 5.74) is -0.324. The lowest BCUT2D eigenvalue weighted by atomic mass is 10.1. The number of aryl methyl sites for hydroxylation is 1. The molecule has 1 nitrogen and oxygen atoms in total. The van der Waals surface area contributed by atoms with E-state index in [9.17, 15) is 13.2 Å². The molecule has 0 amide bonds. The summed E-state index contributed by atoms with van der Waals surface area (Å²) in [7, 11) is 1.53. The molecule has 88 valence electrons. The Morgan fingerprint density at radius 3 is 2.31 bits per heavy atom. The van der Waals surface area contributed by atoms with E-state index in [0.717, 1.165) is 0 Å². The number of alkyl halides is 3. The van der Waals surface area contributed by atoms with Crippen molar-refractivity contribution >= 4 is 22.9 Å². The van der Waals surface area contributed by atoms with Crippen LogP contribution in [0.4, 0.5) is 18.9 Å². The third kappa shape index (κ3) is 2.52. The number of hydrogen-bond donors (Lipinski definition) is 0. The van der Waals surface area contributed by atoms with Gasteiger partial charge in [-0.3, -0.25) is 0 Å². The molecule has 0 N–H and O–H groups in total. The lowest BCUT2D eigenvalue weighted by Gasteiger charge is -2.23. The molecule has 0 unspecified atom stereocenters. The van der Waals surface area contributed by atoms with Crippen LogP contribution >= 0.6 is 12.2 Å². The predicted octanol–water partition coefficient (Wildman–Crippen LogP) is 3.80. The molecule has 0 heterocycles. The molecule has 0 radical (unpaired) electrons. The van der Waals surface area contributed by atoms with Crippen LogP contribution in [0.3, 0.4) is 0 Å². The summed E-state index contributed by atoms with van der Waals surface area (Å²) < 4.78 is 38.6. The second-order valence-corrected chi connectivity index (χ2v) is 4.14. The van der Waals surface area contributed by atoms with Crippen LogP contribution in [0.5, 0.6) is 0 Å². The van der Waals surface area contributed by atoms with E-state index in [0.29, 0.717) is 4.99 Å². The van der Waals surface area contributed by atoms with Crippen LogP contribution in [0, 0.1) is 6.92 Å². The Bertz CT molecular complexity index is 412. The highest BCUT2D eigenvalue weighted by molar-refractivity contribution is 7.80. The van der Waals surface area contributed by atoms with E-state index in [1.54, 1.807) is 13.0 Å². The first-order valence-electron chi connectivity index (χ1n) is 4.66.